The molecule has 3 rings (SSSR count). The Labute approximate surface area is 118 Å². The van der Waals surface area contributed by atoms with Crippen LogP contribution in [0, 0.1) is 11.8 Å². The minimum absolute atomic E-state index is 0.210. The lowest BCUT2D eigenvalue weighted by atomic mass is 10.00. The Hall–Kier alpha value is -1.62. The van der Waals surface area contributed by atoms with Crippen LogP contribution >= 0.6 is 0 Å². The molecule has 1 aromatic heterocycles. The van der Waals surface area contributed by atoms with Crippen molar-refractivity contribution in [1.29, 1.82) is 0 Å². The summed E-state index contributed by atoms with van der Waals surface area (Å²) in [5.74, 6) is 0.659. The number of hydrogen-bond donors (Lipinski definition) is 2. The van der Waals surface area contributed by atoms with Gasteiger partial charge in [-0.2, -0.15) is 0 Å². The van der Waals surface area contributed by atoms with Crippen LogP contribution in [0.1, 0.15) is 35.8 Å². The molecule has 0 radical (unpaired) electrons. The van der Waals surface area contributed by atoms with Gasteiger partial charge < -0.3 is 15.1 Å². The standard InChI is InChI=1S/C15H20N2O3/c1-2-11-5-10(15(19)20)6-14(16-11)17-7-9-3-4-13(18)12(9)8-17/h5-6,9,12-13,18H,2-4,7-8H2,1H3,(H,19,20). The van der Waals surface area contributed by atoms with Crippen molar-refractivity contribution in [3.8, 4) is 0 Å². The predicted molar refractivity (Wildman–Crippen MR) is 75.0 cm³/mol. The second-order valence-corrected chi connectivity index (χ2v) is 5.84. The van der Waals surface area contributed by atoms with Crippen LogP contribution in [-0.2, 0) is 6.42 Å². The van der Waals surface area contributed by atoms with Gasteiger partial charge in [0.2, 0.25) is 0 Å². The molecule has 0 amide bonds. The quantitative estimate of drug-likeness (QED) is 0.876. The summed E-state index contributed by atoms with van der Waals surface area (Å²) in [6, 6.07) is 3.28. The molecule has 1 saturated heterocycles. The molecule has 2 fully saturated rings. The van der Waals surface area contributed by atoms with Crippen LogP contribution in [0.4, 0.5) is 5.82 Å². The van der Waals surface area contributed by atoms with Crippen LogP contribution in [0.5, 0.6) is 0 Å². The van der Waals surface area contributed by atoms with Crippen LogP contribution in [-0.4, -0.2) is 40.4 Å². The lowest BCUT2D eigenvalue weighted by Gasteiger charge is -2.20. The summed E-state index contributed by atoms with van der Waals surface area (Å²) in [6.45, 7) is 3.63. The highest BCUT2D eigenvalue weighted by molar-refractivity contribution is 5.88. The number of carboxylic acid groups (broad SMARTS) is 1. The van der Waals surface area contributed by atoms with Crippen molar-refractivity contribution in [3.63, 3.8) is 0 Å². The third-order valence-corrected chi connectivity index (χ3v) is 4.62. The van der Waals surface area contributed by atoms with Crippen molar-refractivity contribution < 1.29 is 15.0 Å². The fourth-order valence-corrected chi connectivity index (χ4v) is 3.46. The molecule has 1 aliphatic heterocycles. The zero-order valence-corrected chi connectivity index (χ0v) is 11.6. The van der Waals surface area contributed by atoms with Gasteiger partial charge in [-0.15, -0.1) is 0 Å². The number of carbonyl (C=O) groups is 1. The van der Waals surface area contributed by atoms with Gasteiger partial charge in [-0.25, -0.2) is 9.78 Å². The summed E-state index contributed by atoms with van der Waals surface area (Å²) in [6.07, 6.45) is 2.46. The van der Waals surface area contributed by atoms with Crippen molar-refractivity contribution >= 4 is 11.8 Å². The monoisotopic (exact) mass is 276 g/mol. The molecule has 2 heterocycles. The van der Waals surface area contributed by atoms with Crippen molar-refractivity contribution in [2.75, 3.05) is 18.0 Å². The Bertz CT molecular complexity index is 532. The zero-order chi connectivity index (χ0) is 14.3. The number of aromatic carboxylic acids is 1. The van der Waals surface area contributed by atoms with Gasteiger partial charge in [0.25, 0.3) is 0 Å². The lowest BCUT2D eigenvalue weighted by molar-refractivity contribution is 0.0696. The number of hydrogen-bond acceptors (Lipinski definition) is 4. The van der Waals surface area contributed by atoms with Gasteiger partial charge in [0.1, 0.15) is 5.82 Å². The van der Waals surface area contributed by atoms with E-state index in [9.17, 15) is 15.0 Å². The number of aromatic nitrogens is 1. The van der Waals surface area contributed by atoms with E-state index in [-0.39, 0.29) is 6.10 Å². The van der Waals surface area contributed by atoms with Crippen LogP contribution < -0.4 is 4.90 Å². The Morgan fingerprint density at radius 3 is 2.85 bits per heavy atom. The van der Waals surface area contributed by atoms with Crippen LogP contribution in [0.25, 0.3) is 0 Å². The Kier molecular flexibility index (Phi) is 3.38. The fraction of sp³-hybridized carbons (Fsp3) is 0.600. The third-order valence-electron chi connectivity index (χ3n) is 4.62. The number of aliphatic hydroxyl groups excluding tert-OH is 1. The molecule has 0 aromatic carbocycles. The van der Waals surface area contributed by atoms with E-state index in [1.807, 2.05) is 6.92 Å². The molecule has 3 atom stereocenters. The van der Waals surface area contributed by atoms with E-state index in [0.29, 0.717) is 17.4 Å². The number of anilines is 1. The molecular formula is C15H20N2O3. The maximum Gasteiger partial charge on any atom is 0.335 e. The average Bonchev–Trinajstić information content (AvgIpc) is 3.01. The minimum atomic E-state index is -0.914. The van der Waals surface area contributed by atoms with E-state index >= 15 is 0 Å². The molecule has 1 aliphatic carbocycles. The van der Waals surface area contributed by atoms with Gasteiger partial charge in [0, 0.05) is 24.7 Å². The molecule has 0 bridgehead atoms. The molecule has 0 spiro atoms. The summed E-state index contributed by atoms with van der Waals surface area (Å²) in [7, 11) is 0. The molecule has 3 unspecified atom stereocenters. The second-order valence-electron chi connectivity index (χ2n) is 5.84. The van der Waals surface area contributed by atoms with E-state index < -0.39 is 5.97 Å². The van der Waals surface area contributed by atoms with Crippen molar-refractivity contribution in [3.05, 3.63) is 23.4 Å². The van der Waals surface area contributed by atoms with Gasteiger partial charge >= 0.3 is 5.97 Å². The molecule has 108 valence electrons. The fourth-order valence-electron chi connectivity index (χ4n) is 3.46. The number of aliphatic hydroxyl groups is 1. The SMILES string of the molecule is CCc1cc(C(=O)O)cc(N2CC3CCC(O)C3C2)n1. The highest BCUT2D eigenvalue weighted by atomic mass is 16.4. The van der Waals surface area contributed by atoms with E-state index in [0.717, 1.165) is 43.9 Å². The molecular weight excluding hydrogens is 256 g/mol. The summed E-state index contributed by atoms with van der Waals surface area (Å²) < 4.78 is 0. The predicted octanol–water partition coefficient (Wildman–Crippen LogP) is 1.55. The van der Waals surface area contributed by atoms with E-state index in [4.69, 9.17) is 0 Å². The van der Waals surface area contributed by atoms with E-state index in [1.54, 1.807) is 12.1 Å². The molecule has 1 saturated carbocycles. The first-order valence-electron chi connectivity index (χ1n) is 7.25. The third kappa shape index (κ3) is 2.26. The van der Waals surface area contributed by atoms with Gasteiger partial charge in [0.15, 0.2) is 0 Å². The van der Waals surface area contributed by atoms with Crippen molar-refractivity contribution in [2.45, 2.75) is 32.3 Å². The number of nitrogens with zero attached hydrogens (tertiary/aromatic N) is 2. The number of pyridine rings is 1. The Morgan fingerprint density at radius 2 is 2.20 bits per heavy atom. The molecule has 1 aromatic rings. The number of rotatable bonds is 3. The van der Waals surface area contributed by atoms with Gasteiger partial charge in [0.05, 0.1) is 11.7 Å². The van der Waals surface area contributed by atoms with E-state index in [1.165, 1.54) is 0 Å². The first-order chi connectivity index (χ1) is 9.58. The molecule has 20 heavy (non-hydrogen) atoms. The van der Waals surface area contributed by atoms with Gasteiger partial charge in [-0.3, -0.25) is 0 Å². The van der Waals surface area contributed by atoms with E-state index in [2.05, 4.69) is 9.88 Å². The number of carboxylic acids is 1. The van der Waals surface area contributed by atoms with Crippen molar-refractivity contribution in [1.82, 2.24) is 4.98 Å². The van der Waals surface area contributed by atoms with Gasteiger partial charge in [-0.05, 0) is 37.3 Å². The average molecular weight is 276 g/mol. The zero-order valence-electron chi connectivity index (χ0n) is 11.6. The summed E-state index contributed by atoms with van der Waals surface area (Å²) in [5, 5.41) is 19.2. The normalized spacial score (nSPS) is 28.7. The summed E-state index contributed by atoms with van der Waals surface area (Å²) in [5.41, 5.74) is 1.10. The van der Waals surface area contributed by atoms with Crippen LogP contribution in [0.15, 0.2) is 12.1 Å². The maximum absolute atomic E-state index is 11.2. The highest BCUT2D eigenvalue weighted by Gasteiger charge is 2.42. The first kappa shape index (κ1) is 13.4. The highest BCUT2D eigenvalue weighted by Crippen LogP contribution is 2.39. The smallest absolute Gasteiger partial charge is 0.335 e. The first-order valence-corrected chi connectivity index (χ1v) is 7.25. The van der Waals surface area contributed by atoms with Crippen molar-refractivity contribution in [2.24, 2.45) is 11.8 Å². The van der Waals surface area contributed by atoms with Gasteiger partial charge in [-0.1, -0.05) is 6.92 Å². The molecule has 2 N–H and O–H groups in total. The number of aryl methyl sites for hydroxylation is 1. The summed E-state index contributed by atoms with van der Waals surface area (Å²) >= 11 is 0. The maximum atomic E-state index is 11.2. The minimum Gasteiger partial charge on any atom is -0.478 e. The van der Waals surface area contributed by atoms with Crippen LogP contribution in [0.2, 0.25) is 0 Å². The summed E-state index contributed by atoms with van der Waals surface area (Å²) in [4.78, 5) is 17.9. The second kappa shape index (κ2) is 5.05. The van der Waals surface area contributed by atoms with Crippen LogP contribution in [0.3, 0.4) is 0 Å². The Morgan fingerprint density at radius 1 is 1.40 bits per heavy atom. The topological polar surface area (TPSA) is 73.7 Å². The molecule has 5 nitrogen and oxygen atoms in total. The molecule has 2 aliphatic rings. The largest absolute Gasteiger partial charge is 0.478 e. The number of fused-ring (bicyclic) bond motifs is 1. The Balaban J connectivity index is 1.87. The molecule has 5 heteroatoms. The lowest BCUT2D eigenvalue weighted by Crippen LogP contribution is -2.25.